The molecule has 0 rings (SSSR count). The van der Waals surface area contributed by atoms with Crippen LogP contribution in [0.3, 0.4) is 0 Å². The normalized spacial score (nSPS) is 14.7. The van der Waals surface area contributed by atoms with Crippen molar-refractivity contribution in [2.45, 2.75) is 45.3 Å². The van der Waals surface area contributed by atoms with E-state index < -0.39 is 6.10 Å². The Hall–Kier alpha value is -0.830. The highest BCUT2D eigenvalue weighted by Gasteiger charge is 2.06. The highest BCUT2D eigenvalue weighted by Crippen LogP contribution is 2.07. The summed E-state index contributed by atoms with van der Waals surface area (Å²) in [5, 5.41) is 9.13. The Kier molecular flexibility index (Phi) is 6.24. The molecular formula is C10H18O3. The van der Waals surface area contributed by atoms with Crippen LogP contribution in [0.15, 0.2) is 12.7 Å². The molecule has 0 unspecified atom stereocenters. The van der Waals surface area contributed by atoms with E-state index in [1.165, 1.54) is 13.0 Å². The van der Waals surface area contributed by atoms with Gasteiger partial charge in [-0.15, -0.1) is 6.58 Å². The summed E-state index contributed by atoms with van der Waals surface area (Å²) in [6.07, 6.45) is 3.30. The number of aliphatic hydroxyl groups excluding tert-OH is 1. The molecule has 0 aromatic heterocycles. The number of ether oxygens (including phenoxy) is 1. The van der Waals surface area contributed by atoms with Crippen molar-refractivity contribution in [3.05, 3.63) is 12.7 Å². The molecule has 0 heterocycles. The van der Waals surface area contributed by atoms with Crippen molar-refractivity contribution in [1.29, 1.82) is 0 Å². The Balaban J connectivity index is 3.41. The molecular weight excluding hydrogens is 168 g/mol. The molecule has 2 atom stereocenters. The summed E-state index contributed by atoms with van der Waals surface area (Å²) < 4.78 is 4.92. The van der Waals surface area contributed by atoms with Crippen molar-refractivity contribution >= 4 is 5.97 Å². The third kappa shape index (κ3) is 7.53. The first-order valence-corrected chi connectivity index (χ1v) is 4.54. The molecule has 1 N–H and O–H groups in total. The molecule has 0 aromatic carbocycles. The summed E-state index contributed by atoms with van der Waals surface area (Å²) in [4.78, 5) is 10.5. The van der Waals surface area contributed by atoms with Crippen molar-refractivity contribution in [1.82, 2.24) is 0 Å². The van der Waals surface area contributed by atoms with Crippen molar-refractivity contribution in [2.75, 3.05) is 0 Å². The van der Waals surface area contributed by atoms with E-state index in [1.807, 2.05) is 6.92 Å². The molecule has 76 valence electrons. The van der Waals surface area contributed by atoms with Gasteiger partial charge in [0.1, 0.15) is 0 Å². The van der Waals surface area contributed by atoms with Crippen molar-refractivity contribution in [3.63, 3.8) is 0 Å². The molecule has 0 bridgehead atoms. The average Bonchev–Trinajstić information content (AvgIpc) is 2.02. The van der Waals surface area contributed by atoms with Gasteiger partial charge in [0.2, 0.25) is 0 Å². The fraction of sp³-hybridized carbons (Fsp3) is 0.700. The second-order valence-corrected chi connectivity index (χ2v) is 3.15. The van der Waals surface area contributed by atoms with Gasteiger partial charge in [-0.25, -0.2) is 0 Å². The minimum Gasteiger partial charge on any atom is -0.463 e. The zero-order valence-electron chi connectivity index (χ0n) is 8.32. The van der Waals surface area contributed by atoms with Gasteiger partial charge in [0, 0.05) is 6.92 Å². The topological polar surface area (TPSA) is 46.5 Å². The fourth-order valence-corrected chi connectivity index (χ4v) is 1.07. The van der Waals surface area contributed by atoms with Crippen LogP contribution < -0.4 is 0 Å². The van der Waals surface area contributed by atoms with Crippen LogP contribution in [-0.4, -0.2) is 23.3 Å². The lowest BCUT2D eigenvalue weighted by molar-refractivity contribution is -0.145. The Morgan fingerprint density at radius 3 is 2.69 bits per heavy atom. The number of hydrogen-bond acceptors (Lipinski definition) is 3. The highest BCUT2D eigenvalue weighted by molar-refractivity contribution is 5.66. The minimum atomic E-state index is -0.440. The predicted octanol–water partition coefficient (Wildman–Crippen LogP) is 1.66. The zero-order valence-corrected chi connectivity index (χ0v) is 8.32. The maximum atomic E-state index is 10.5. The van der Waals surface area contributed by atoms with E-state index in [0.29, 0.717) is 6.42 Å². The van der Waals surface area contributed by atoms with Gasteiger partial charge in [0.25, 0.3) is 0 Å². The smallest absolute Gasteiger partial charge is 0.302 e. The van der Waals surface area contributed by atoms with Gasteiger partial charge in [-0.3, -0.25) is 4.79 Å². The molecule has 0 radical (unpaired) electrons. The van der Waals surface area contributed by atoms with Crippen LogP contribution in [0.25, 0.3) is 0 Å². The molecule has 13 heavy (non-hydrogen) atoms. The Labute approximate surface area is 79.4 Å². The highest BCUT2D eigenvalue weighted by atomic mass is 16.5. The predicted molar refractivity (Wildman–Crippen MR) is 51.3 cm³/mol. The van der Waals surface area contributed by atoms with Crippen LogP contribution >= 0.6 is 0 Å². The number of aliphatic hydroxyl groups is 1. The summed E-state index contributed by atoms with van der Waals surface area (Å²) in [6.45, 7) is 6.72. The van der Waals surface area contributed by atoms with Gasteiger partial charge < -0.3 is 9.84 Å². The molecule has 0 aromatic rings. The molecule has 0 fully saturated rings. The quantitative estimate of drug-likeness (QED) is 0.507. The second-order valence-electron chi connectivity index (χ2n) is 3.15. The summed E-state index contributed by atoms with van der Waals surface area (Å²) in [6, 6.07) is 0. The SMILES string of the molecule is C=C[C@H](O)CCC[C@H](C)OC(C)=O. The van der Waals surface area contributed by atoms with E-state index in [2.05, 4.69) is 6.58 Å². The molecule has 0 spiro atoms. The number of esters is 1. The Morgan fingerprint density at radius 1 is 1.62 bits per heavy atom. The second kappa shape index (κ2) is 6.66. The molecule has 0 saturated carbocycles. The van der Waals surface area contributed by atoms with E-state index in [0.717, 1.165) is 12.8 Å². The van der Waals surface area contributed by atoms with Crippen molar-refractivity contribution in [3.8, 4) is 0 Å². The Morgan fingerprint density at radius 2 is 2.23 bits per heavy atom. The number of carbonyl (C=O) groups excluding carboxylic acids is 1. The molecule has 0 aliphatic heterocycles. The zero-order chi connectivity index (χ0) is 10.3. The van der Waals surface area contributed by atoms with Crippen LogP contribution in [0.5, 0.6) is 0 Å². The molecule has 0 amide bonds. The largest absolute Gasteiger partial charge is 0.463 e. The average molecular weight is 186 g/mol. The maximum absolute atomic E-state index is 10.5. The number of carbonyl (C=O) groups is 1. The van der Waals surface area contributed by atoms with Gasteiger partial charge in [0.05, 0.1) is 12.2 Å². The molecule has 3 nitrogen and oxygen atoms in total. The molecule has 0 aliphatic rings. The lowest BCUT2D eigenvalue weighted by Gasteiger charge is -2.11. The van der Waals surface area contributed by atoms with Gasteiger partial charge in [-0.1, -0.05) is 6.08 Å². The third-order valence-corrected chi connectivity index (χ3v) is 1.75. The van der Waals surface area contributed by atoms with Gasteiger partial charge in [0.15, 0.2) is 0 Å². The fourth-order valence-electron chi connectivity index (χ4n) is 1.07. The van der Waals surface area contributed by atoms with Crippen molar-refractivity contribution < 1.29 is 14.6 Å². The number of hydrogen-bond donors (Lipinski definition) is 1. The molecule has 3 heteroatoms. The summed E-state index contributed by atoms with van der Waals surface area (Å²) in [5.41, 5.74) is 0. The van der Waals surface area contributed by atoms with Crippen LogP contribution in [0.2, 0.25) is 0 Å². The lowest BCUT2D eigenvalue weighted by Crippen LogP contribution is -2.13. The van der Waals surface area contributed by atoms with Gasteiger partial charge in [-0.2, -0.15) is 0 Å². The first-order chi connectivity index (χ1) is 6.06. The molecule has 0 saturated heterocycles. The standard InChI is InChI=1S/C10H18O3/c1-4-10(12)7-5-6-8(2)13-9(3)11/h4,8,10,12H,1,5-7H2,2-3H3/t8-,10-/m0/s1. The molecule has 0 aliphatic carbocycles. The van der Waals surface area contributed by atoms with E-state index >= 15 is 0 Å². The Bertz CT molecular complexity index is 166. The summed E-state index contributed by atoms with van der Waals surface area (Å²) >= 11 is 0. The van der Waals surface area contributed by atoms with Gasteiger partial charge >= 0.3 is 5.97 Å². The monoisotopic (exact) mass is 186 g/mol. The van der Waals surface area contributed by atoms with Crippen LogP contribution in [-0.2, 0) is 9.53 Å². The first kappa shape index (κ1) is 12.2. The van der Waals surface area contributed by atoms with Crippen LogP contribution in [0.4, 0.5) is 0 Å². The summed E-state index contributed by atoms with van der Waals surface area (Å²) in [7, 11) is 0. The lowest BCUT2D eigenvalue weighted by atomic mass is 10.1. The van der Waals surface area contributed by atoms with Crippen LogP contribution in [0, 0.1) is 0 Å². The van der Waals surface area contributed by atoms with E-state index in [-0.39, 0.29) is 12.1 Å². The van der Waals surface area contributed by atoms with E-state index in [1.54, 1.807) is 0 Å². The number of rotatable bonds is 6. The van der Waals surface area contributed by atoms with E-state index in [4.69, 9.17) is 9.84 Å². The minimum absolute atomic E-state index is 0.0606. The van der Waals surface area contributed by atoms with Crippen LogP contribution in [0.1, 0.15) is 33.1 Å². The van der Waals surface area contributed by atoms with Crippen molar-refractivity contribution in [2.24, 2.45) is 0 Å². The third-order valence-electron chi connectivity index (χ3n) is 1.75. The van der Waals surface area contributed by atoms with Gasteiger partial charge in [-0.05, 0) is 26.2 Å². The first-order valence-electron chi connectivity index (χ1n) is 4.54. The maximum Gasteiger partial charge on any atom is 0.302 e. The van der Waals surface area contributed by atoms with E-state index in [9.17, 15) is 4.79 Å². The summed E-state index contributed by atoms with van der Waals surface area (Å²) in [5.74, 6) is -0.253.